The zero-order valence-corrected chi connectivity index (χ0v) is 23.4. The van der Waals surface area contributed by atoms with Crippen molar-refractivity contribution in [3.05, 3.63) is 119 Å². The average Bonchev–Trinajstić information content (AvgIpc) is 3.47. The van der Waals surface area contributed by atoms with Gasteiger partial charge in [0.05, 0.1) is 24.2 Å². The van der Waals surface area contributed by atoms with Crippen molar-refractivity contribution in [1.29, 1.82) is 0 Å². The van der Waals surface area contributed by atoms with Gasteiger partial charge in [-0.2, -0.15) is 0 Å². The van der Waals surface area contributed by atoms with Crippen LogP contribution in [0.25, 0.3) is 103 Å². The van der Waals surface area contributed by atoms with E-state index in [1.165, 1.54) is 75.8 Å². The Morgan fingerprint density at radius 3 is 1.48 bits per heavy atom. The number of imidazole rings is 1. The summed E-state index contributed by atoms with van der Waals surface area (Å²) >= 11 is 0. The number of hydrogen-bond donors (Lipinski definition) is 0. The van der Waals surface area contributed by atoms with Gasteiger partial charge in [0.25, 0.3) is 5.56 Å². The molecule has 11 aromatic rings. The number of nitrogens with zero attached hydrogens (tertiary/aromatic N) is 2. The molecule has 0 fully saturated rings. The average molecular weight is 561 g/mol. The van der Waals surface area contributed by atoms with Crippen LogP contribution in [0.2, 0.25) is 0 Å². The number of ether oxygens (including phenoxy) is 1. The maximum absolute atomic E-state index is 14.1. The minimum Gasteiger partial charge on any atom is -0.372 e. The third kappa shape index (κ3) is 2.28. The van der Waals surface area contributed by atoms with E-state index in [2.05, 4.69) is 66.7 Å². The molecule has 0 atom stereocenters. The summed E-state index contributed by atoms with van der Waals surface area (Å²) in [6.07, 6.45) is 0. The SMILES string of the molecule is O=c1c2ccc3c4ccc5c6ccc7c8c(ccc(c9ccc(c%10ccc(c2c3%10)c2nc3ccccc3n12)c4c59)c86)COC7. The summed E-state index contributed by atoms with van der Waals surface area (Å²) in [5.74, 6) is 0. The number of benzene rings is 9. The molecule has 0 N–H and O–H groups in total. The summed E-state index contributed by atoms with van der Waals surface area (Å²) in [5.41, 5.74) is 4.96. The minimum absolute atomic E-state index is 0.0112. The molecule has 0 spiro atoms. The summed E-state index contributed by atoms with van der Waals surface area (Å²) < 4.78 is 7.69. The third-order valence-electron chi connectivity index (χ3n) is 10.6. The molecule has 44 heavy (non-hydrogen) atoms. The summed E-state index contributed by atoms with van der Waals surface area (Å²) in [4.78, 5) is 19.0. The lowest BCUT2D eigenvalue weighted by Gasteiger charge is -2.23. The Morgan fingerprint density at radius 2 is 0.909 bits per heavy atom. The molecule has 0 radical (unpaired) electrons. The van der Waals surface area contributed by atoms with Crippen molar-refractivity contribution in [1.82, 2.24) is 9.38 Å². The smallest absolute Gasteiger partial charge is 0.264 e. The molecule has 3 heterocycles. The maximum atomic E-state index is 14.1. The van der Waals surface area contributed by atoms with Gasteiger partial charge in [0.2, 0.25) is 0 Å². The second kappa shape index (κ2) is 7.13. The molecule has 0 amide bonds. The van der Waals surface area contributed by atoms with Crippen molar-refractivity contribution in [2.45, 2.75) is 13.2 Å². The number of rotatable bonds is 0. The van der Waals surface area contributed by atoms with E-state index in [-0.39, 0.29) is 5.56 Å². The molecule has 0 aliphatic carbocycles. The first-order chi connectivity index (χ1) is 21.8. The van der Waals surface area contributed by atoms with Crippen LogP contribution in [0, 0.1) is 0 Å². The Morgan fingerprint density at radius 1 is 0.477 bits per heavy atom. The zero-order chi connectivity index (χ0) is 28.4. The highest BCUT2D eigenvalue weighted by molar-refractivity contribution is 6.44. The lowest BCUT2D eigenvalue weighted by atomic mass is 9.82. The van der Waals surface area contributed by atoms with Gasteiger partial charge in [-0.15, -0.1) is 0 Å². The van der Waals surface area contributed by atoms with Gasteiger partial charge in [-0.05, 0) is 105 Å². The Kier molecular flexibility index (Phi) is 3.57. The molecule has 0 unspecified atom stereocenters. The van der Waals surface area contributed by atoms with Crippen LogP contribution in [0.5, 0.6) is 0 Å². The van der Waals surface area contributed by atoms with Crippen molar-refractivity contribution in [2.24, 2.45) is 0 Å². The quantitative estimate of drug-likeness (QED) is 0.137. The highest BCUT2D eigenvalue weighted by Gasteiger charge is 2.24. The molecule has 4 heteroatoms. The number of hydrogen-bond acceptors (Lipinski definition) is 3. The van der Waals surface area contributed by atoms with E-state index in [1.807, 2.05) is 30.3 Å². The fourth-order valence-corrected chi connectivity index (χ4v) is 8.84. The summed E-state index contributed by atoms with van der Waals surface area (Å²) in [7, 11) is 0. The van der Waals surface area contributed by atoms with Crippen LogP contribution in [0.1, 0.15) is 11.1 Å². The van der Waals surface area contributed by atoms with Crippen molar-refractivity contribution in [2.75, 3.05) is 0 Å². The number of pyridine rings is 1. The minimum atomic E-state index is -0.0112. The van der Waals surface area contributed by atoms with Crippen LogP contribution in [-0.2, 0) is 18.0 Å². The summed E-state index contributed by atoms with van der Waals surface area (Å²) in [6, 6.07) is 34.9. The molecular formula is C40H20N2O2. The van der Waals surface area contributed by atoms with Crippen molar-refractivity contribution in [3.8, 4) is 0 Å². The summed E-state index contributed by atoms with van der Waals surface area (Å²) in [6.45, 7) is 1.33. The molecule has 1 aliphatic rings. The Hall–Kier alpha value is -5.58. The predicted octanol–water partition coefficient (Wildman–Crippen LogP) is 9.42. The third-order valence-corrected chi connectivity index (χ3v) is 10.6. The van der Waals surface area contributed by atoms with Crippen LogP contribution in [-0.4, -0.2) is 9.38 Å². The van der Waals surface area contributed by atoms with Gasteiger partial charge in [-0.1, -0.05) is 72.8 Å². The van der Waals surface area contributed by atoms with Crippen LogP contribution >= 0.6 is 0 Å². The fourth-order valence-electron chi connectivity index (χ4n) is 8.84. The van der Waals surface area contributed by atoms with E-state index in [1.54, 1.807) is 4.40 Å². The van der Waals surface area contributed by atoms with Gasteiger partial charge in [-0.3, -0.25) is 9.20 Å². The van der Waals surface area contributed by atoms with Gasteiger partial charge in [-0.25, -0.2) is 4.98 Å². The highest BCUT2D eigenvalue weighted by atomic mass is 16.5. The van der Waals surface area contributed by atoms with Gasteiger partial charge in [0.1, 0.15) is 5.65 Å². The molecular weight excluding hydrogens is 540 g/mol. The number of fused-ring (bicyclic) bond motifs is 8. The van der Waals surface area contributed by atoms with Crippen molar-refractivity contribution >= 4 is 103 Å². The van der Waals surface area contributed by atoms with E-state index in [9.17, 15) is 4.79 Å². The Bertz CT molecular complexity index is 3050. The van der Waals surface area contributed by atoms with Gasteiger partial charge >= 0.3 is 0 Å². The summed E-state index contributed by atoms with van der Waals surface area (Å²) in [5, 5.41) is 19.3. The first kappa shape index (κ1) is 22.0. The van der Waals surface area contributed by atoms with Crippen LogP contribution in [0.15, 0.2) is 102 Å². The van der Waals surface area contributed by atoms with Crippen LogP contribution in [0.3, 0.4) is 0 Å². The Labute approximate surface area is 248 Å². The molecule has 0 saturated carbocycles. The maximum Gasteiger partial charge on any atom is 0.264 e. The second-order valence-electron chi connectivity index (χ2n) is 12.5. The first-order valence-electron chi connectivity index (χ1n) is 15.1. The highest BCUT2D eigenvalue weighted by Crippen LogP contribution is 2.49. The predicted molar refractivity (Wildman–Crippen MR) is 181 cm³/mol. The molecule has 0 bridgehead atoms. The molecule has 202 valence electrons. The normalized spacial score (nSPS) is 14.2. The molecule has 0 saturated heterocycles. The van der Waals surface area contributed by atoms with Gasteiger partial charge in [0, 0.05) is 16.2 Å². The monoisotopic (exact) mass is 560 g/mol. The largest absolute Gasteiger partial charge is 0.372 e. The van der Waals surface area contributed by atoms with E-state index < -0.39 is 0 Å². The molecule has 4 nitrogen and oxygen atoms in total. The topological polar surface area (TPSA) is 43.6 Å². The molecule has 12 rings (SSSR count). The Balaban J connectivity index is 1.32. The van der Waals surface area contributed by atoms with E-state index >= 15 is 0 Å². The number of aromatic nitrogens is 2. The number of para-hydroxylation sites is 2. The molecule has 9 aromatic carbocycles. The van der Waals surface area contributed by atoms with Gasteiger partial charge < -0.3 is 4.74 Å². The van der Waals surface area contributed by atoms with Gasteiger partial charge in [0.15, 0.2) is 0 Å². The van der Waals surface area contributed by atoms with E-state index in [0.29, 0.717) is 13.2 Å². The molecule has 1 aliphatic heterocycles. The van der Waals surface area contributed by atoms with Crippen molar-refractivity contribution in [3.63, 3.8) is 0 Å². The lowest BCUT2D eigenvalue weighted by Crippen LogP contribution is -2.13. The molecule has 2 aromatic heterocycles. The first-order valence-corrected chi connectivity index (χ1v) is 15.1. The van der Waals surface area contributed by atoms with E-state index in [0.717, 1.165) is 38.2 Å². The van der Waals surface area contributed by atoms with E-state index in [4.69, 9.17) is 9.72 Å². The second-order valence-corrected chi connectivity index (χ2v) is 12.5. The fraction of sp³-hybridized carbons (Fsp3) is 0.0500. The van der Waals surface area contributed by atoms with Crippen LogP contribution < -0.4 is 5.56 Å². The lowest BCUT2D eigenvalue weighted by molar-refractivity contribution is 0.103. The zero-order valence-electron chi connectivity index (χ0n) is 23.4. The standard InChI is InChI=1S/C40H20N2O2/c43-40-30-16-14-28-26-12-10-24-22-8-6-20-18-44-17-19-5-7-21(34(22)33(19)20)23-9-11-25(36(26)35(23)24)27-13-15-29(38(30)37(27)28)39-41-31-3-1-2-4-32(31)42(39)40/h1-16H,17-18H2. The van der Waals surface area contributed by atoms with Crippen molar-refractivity contribution < 1.29 is 4.74 Å². The van der Waals surface area contributed by atoms with Crippen LogP contribution in [0.4, 0.5) is 0 Å².